The van der Waals surface area contributed by atoms with Gasteiger partial charge in [0.2, 0.25) is 5.91 Å². The monoisotopic (exact) mass is 1050 g/mol. The predicted molar refractivity (Wildman–Crippen MR) is 329 cm³/mol. The number of rotatable bonds is 63. The van der Waals surface area contributed by atoms with E-state index in [2.05, 4.69) is 43.5 Å². The second-order valence-corrected chi connectivity index (χ2v) is 23.1. The molecule has 0 aliphatic carbocycles. The van der Waals surface area contributed by atoms with Crippen LogP contribution in [0.4, 0.5) is 0 Å². The summed E-state index contributed by atoms with van der Waals surface area (Å²) in [6.07, 6.45) is 82.0. The number of aliphatic hydroxyl groups excluding tert-OH is 2. The van der Waals surface area contributed by atoms with Crippen LogP contribution in [-0.4, -0.2) is 47.4 Å². The number of aliphatic hydroxyl groups is 2. The van der Waals surface area contributed by atoms with Crippen molar-refractivity contribution >= 4 is 11.9 Å². The average Bonchev–Trinajstić information content (AvgIpc) is 3.41. The molecular formula is C69H131NO5. The average molecular weight is 1050 g/mol. The van der Waals surface area contributed by atoms with E-state index in [4.69, 9.17) is 4.74 Å². The predicted octanol–water partition coefficient (Wildman–Crippen LogP) is 21.5. The van der Waals surface area contributed by atoms with E-state index in [-0.39, 0.29) is 18.5 Å². The lowest BCUT2D eigenvalue weighted by Crippen LogP contribution is -2.45. The third kappa shape index (κ3) is 61.2. The van der Waals surface area contributed by atoms with Crippen LogP contribution >= 0.6 is 0 Å². The largest absolute Gasteiger partial charge is 0.466 e. The summed E-state index contributed by atoms with van der Waals surface area (Å²) in [7, 11) is 0. The van der Waals surface area contributed by atoms with Gasteiger partial charge in [0, 0.05) is 12.8 Å². The smallest absolute Gasteiger partial charge is 0.305 e. The first-order chi connectivity index (χ1) is 37.0. The van der Waals surface area contributed by atoms with Gasteiger partial charge in [-0.1, -0.05) is 307 Å². The Morgan fingerprint density at radius 3 is 0.947 bits per heavy atom. The van der Waals surface area contributed by atoms with E-state index in [0.717, 1.165) is 51.4 Å². The van der Waals surface area contributed by atoms with Gasteiger partial charge in [-0.15, -0.1) is 0 Å². The fourth-order valence-electron chi connectivity index (χ4n) is 10.4. The van der Waals surface area contributed by atoms with Crippen molar-refractivity contribution in [2.24, 2.45) is 0 Å². The van der Waals surface area contributed by atoms with Gasteiger partial charge in [0.15, 0.2) is 0 Å². The number of ether oxygens (including phenoxy) is 1. The molecule has 0 aliphatic rings. The third-order valence-electron chi connectivity index (χ3n) is 15.6. The number of amides is 1. The molecule has 0 aliphatic heterocycles. The molecule has 1 amide bonds. The number of hydrogen-bond acceptors (Lipinski definition) is 5. The van der Waals surface area contributed by atoms with E-state index >= 15 is 0 Å². The zero-order valence-electron chi connectivity index (χ0n) is 50.5. The van der Waals surface area contributed by atoms with Crippen molar-refractivity contribution in [3.63, 3.8) is 0 Å². The number of allylic oxidation sites excluding steroid dienone is 5. The summed E-state index contributed by atoms with van der Waals surface area (Å²) >= 11 is 0. The molecule has 2 atom stereocenters. The molecule has 0 fully saturated rings. The van der Waals surface area contributed by atoms with Crippen molar-refractivity contribution < 1.29 is 24.5 Å². The molecule has 0 bridgehead atoms. The van der Waals surface area contributed by atoms with Gasteiger partial charge in [-0.25, -0.2) is 0 Å². The number of esters is 1. The van der Waals surface area contributed by atoms with Crippen molar-refractivity contribution in [1.29, 1.82) is 0 Å². The quantitative estimate of drug-likeness (QED) is 0.0320. The molecule has 0 aromatic heterocycles. The van der Waals surface area contributed by atoms with Crippen molar-refractivity contribution in [3.05, 3.63) is 36.5 Å². The van der Waals surface area contributed by atoms with E-state index in [0.29, 0.717) is 19.4 Å². The lowest BCUT2D eigenvalue weighted by molar-refractivity contribution is -0.143. The van der Waals surface area contributed by atoms with Crippen molar-refractivity contribution in [3.8, 4) is 0 Å². The topological polar surface area (TPSA) is 95.9 Å². The molecule has 442 valence electrons. The molecule has 0 aromatic carbocycles. The van der Waals surface area contributed by atoms with Gasteiger partial charge in [0.25, 0.3) is 0 Å². The van der Waals surface area contributed by atoms with Gasteiger partial charge in [0.1, 0.15) is 0 Å². The van der Waals surface area contributed by atoms with Gasteiger partial charge >= 0.3 is 5.97 Å². The minimum absolute atomic E-state index is 0.00558. The van der Waals surface area contributed by atoms with Crippen LogP contribution in [-0.2, 0) is 14.3 Å². The fraction of sp³-hybridized carbons (Fsp3) is 0.884. The number of unbranched alkanes of at least 4 members (excludes halogenated alkanes) is 48. The molecule has 0 aromatic rings. The molecule has 3 N–H and O–H groups in total. The minimum atomic E-state index is -0.851. The lowest BCUT2D eigenvalue weighted by atomic mass is 10.0. The summed E-state index contributed by atoms with van der Waals surface area (Å²) in [5.41, 5.74) is 0. The van der Waals surface area contributed by atoms with Gasteiger partial charge in [-0.2, -0.15) is 0 Å². The first-order valence-corrected chi connectivity index (χ1v) is 33.8. The molecule has 6 heteroatoms. The summed E-state index contributed by atoms with van der Waals surface area (Å²) < 4.78 is 5.50. The van der Waals surface area contributed by atoms with Gasteiger partial charge < -0.3 is 20.3 Å². The van der Waals surface area contributed by atoms with Crippen LogP contribution < -0.4 is 5.32 Å². The van der Waals surface area contributed by atoms with Crippen LogP contribution in [0.25, 0.3) is 0 Å². The van der Waals surface area contributed by atoms with Gasteiger partial charge in [0.05, 0.1) is 25.4 Å². The molecule has 0 saturated carbocycles. The SMILES string of the molecule is CCCCCCCC/C=C\CCCCCCCCCCCC(=O)OCCCCCCCCCCC/C=C\CCCCCCCCCC(=O)NC(CO)C(O)/C=C/CCCCCCCCCCCCCCCCCCC. The maximum atomic E-state index is 12.5. The summed E-state index contributed by atoms with van der Waals surface area (Å²) in [6.45, 7) is 4.92. The highest BCUT2D eigenvalue weighted by Crippen LogP contribution is 2.18. The van der Waals surface area contributed by atoms with Crippen LogP contribution in [0.1, 0.15) is 367 Å². The van der Waals surface area contributed by atoms with Gasteiger partial charge in [-0.05, 0) is 83.5 Å². The Bertz CT molecular complexity index is 1210. The summed E-state index contributed by atoms with van der Waals surface area (Å²) in [4.78, 5) is 24.6. The molecule has 0 radical (unpaired) electrons. The van der Waals surface area contributed by atoms with Crippen LogP contribution in [0.15, 0.2) is 36.5 Å². The number of nitrogens with one attached hydrogen (secondary N) is 1. The highest BCUT2D eigenvalue weighted by molar-refractivity contribution is 5.76. The maximum absolute atomic E-state index is 12.5. The Kier molecular flexibility index (Phi) is 63.0. The molecule has 0 heterocycles. The van der Waals surface area contributed by atoms with E-state index in [1.54, 1.807) is 6.08 Å². The van der Waals surface area contributed by atoms with Crippen molar-refractivity contribution in [2.75, 3.05) is 13.2 Å². The second-order valence-electron chi connectivity index (χ2n) is 23.1. The van der Waals surface area contributed by atoms with Crippen molar-refractivity contribution in [2.45, 2.75) is 379 Å². The third-order valence-corrected chi connectivity index (χ3v) is 15.6. The van der Waals surface area contributed by atoms with E-state index < -0.39 is 12.1 Å². The first kappa shape index (κ1) is 73.1. The highest BCUT2D eigenvalue weighted by Gasteiger charge is 2.18. The summed E-state index contributed by atoms with van der Waals surface area (Å²) in [5, 5.41) is 23.2. The Morgan fingerprint density at radius 1 is 0.360 bits per heavy atom. The maximum Gasteiger partial charge on any atom is 0.305 e. The Labute approximate surface area is 468 Å². The molecule has 0 saturated heterocycles. The molecule has 2 unspecified atom stereocenters. The molecule has 6 nitrogen and oxygen atoms in total. The fourth-order valence-corrected chi connectivity index (χ4v) is 10.4. The normalized spacial score (nSPS) is 12.7. The number of carbonyl (C=O) groups excluding carboxylic acids is 2. The number of hydrogen-bond donors (Lipinski definition) is 3. The van der Waals surface area contributed by atoms with Crippen LogP contribution in [0.5, 0.6) is 0 Å². The number of carbonyl (C=O) groups is 2. The zero-order valence-corrected chi connectivity index (χ0v) is 50.5. The molecule has 75 heavy (non-hydrogen) atoms. The second kappa shape index (κ2) is 64.6. The van der Waals surface area contributed by atoms with E-state index in [1.807, 2.05) is 6.08 Å². The highest BCUT2D eigenvalue weighted by atomic mass is 16.5. The van der Waals surface area contributed by atoms with E-state index in [1.165, 1.54) is 289 Å². The minimum Gasteiger partial charge on any atom is -0.466 e. The Hall–Kier alpha value is -1.92. The lowest BCUT2D eigenvalue weighted by Gasteiger charge is -2.20. The van der Waals surface area contributed by atoms with Crippen LogP contribution in [0.3, 0.4) is 0 Å². The van der Waals surface area contributed by atoms with Crippen LogP contribution in [0, 0.1) is 0 Å². The van der Waals surface area contributed by atoms with Crippen molar-refractivity contribution in [1.82, 2.24) is 5.32 Å². The molecule has 0 spiro atoms. The first-order valence-electron chi connectivity index (χ1n) is 33.8. The summed E-state index contributed by atoms with van der Waals surface area (Å²) in [6, 6.07) is -0.635. The van der Waals surface area contributed by atoms with E-state index in [9.17, 15) is 19.8 Å². The van der Waals surface area contributed by atoms with Gasteiger partial charge in [-0.3, -0.25) is 9.59 Å². The Morgan fingerprint density at radius 2 is 0.627 bits per heavy atom. The molecule has 0 rings (SSSR count). The Balaban J connectivity index is 3.44. The standard InChI is InChI=1S/C69H131NO5/c1-3-5-7-9-11-13-15-17-19-21-25-29-33-37-41-45-49-53-57-61-67(72)66(65-71)70-68(73)62-58-54-50-46-42-38-34-30-27-23-24-28-32-36-40-44-48-52-56-60-64-75-69(74)63-59-55-51-47-43-39-35-31-26-22-20-18-16-14-12-10-8-6-4-2/h18,20,23,27,57,61,66-67,71-72H,3-17,19,21-22,24-26,28-56,58-60,62-65H2,1-2H3,(H,70,73)/b20-18-,27-23-,61-57+. The zero-order chi connectivity index (χ0) is 54.3. The molecular weight excluding hydrogens is 923 g/mol. The van der Waals surface area contributed by atoms with Crippen LogP contribution in [0.2, 0.25) is 0 Å². The summed E-state index contributed by atoms with van der Waals surface area (Å²) in [5.74, 6) is -0.0684.